The largest absolute Gasteiger partial charge is 0.417 e. The summed E-state index contributed by atoms with van der Waals surface area (Å²) in [5.74, 6) is 0.00822. The Labute approximate surface area is 119 Å². The maximum atomic E-state index is 13.0. The van der Waals surface area contributed by atoms with Gasteiger partial charge in [0.05, 0.1) is 5.56 Å². The van der Waals surface area contributed by atoms with Gasteiger partial charge in [-0.25, -0.2) is 9.97 Å². The molecule has 0 radical (unpaired) electrons. The fourth-order valence-electron chi connectivity index (χ4n) is 1.89. The molecule has 0 aliphatic carbocycles. The van der Waals surface area contributed by atoms with Crippen LogP contribution < -0.4 is 0 Å². The van der Waals surface area contributed by atoms with Crippen molar-refractivity contribution in [3.05, 3.63) is 46.7 Å². The Morgan fingerprint density at radius 3 is 2.50 bits per heavy atom. The molecule has 0 saturated heterocycles. The van der Waals surface area contributed by atoms with Gasteiger partial charge in [-0.1, -0.05) is 43.1 Å². The van der Waals surface area contributed by atoms with E-state index in [2.05, 4.69) is 9.97 Å². The molecule has 0 spiro atoms. The van der Waals surface area contributed by atoms with Crippen LogP contribution in [0.2, 0.25) is 5.15 Å². The second-order valence-corrected chi connectivity index (χ2v) is 4.69. The van der Waals surface area contributed by atoms with E-state index in [0.717, 1.165) is 12.5 Å². The Morgan fingerprint density at radius 2 is 1.85 bits per heavy atom. The van der Waals surface area contributed by atoms with E-state index >= 15 is 0 Å². The number of nitrogens with zero attached hydrogens (tertiary/aromatic N) is 2. The number of hydrogen-bond donors (Lipinski definition) is 0. The van der Waals surface area contributed by atoms with Crippen LogP contribution in [0.25, 0.3) is 11.4 Å². The lowest BCUT2D eigenvalue weighted by atomic mass is 10.1. The molecule has 0 N–H and O–H groups in total. The van der Waals surface area contributed by atoms with Crippen molar-refractivity contribution < 1.29 is 13.2 Å². The fraction of sp³-hybridized carbons (Fsp3) is 0.286. The first-order chi connectivity index (χ1) is 9.41. The number of hydrogen-bond acceptors (Lipinski definition) is 2. The molecular weight excluding hydrogens is 289 g/mol. The third-order valence-electron chi connectivity index (χ3n) is 2.73. The third-order valence-corrected chi connectivity index (χ3v) is 2.92. The van der Waals surface area contributed by atoms with Crippen molar-refractivity contribution in [2.75, 3.05) is 0 Å². The van der Waals surface area contributed by atoms with Crippen LogP contribution in [0.5, 0.6) is 0 Å². The summed E-state index contributed by atoms with van der Waals surface area (Å²) in [7, 11) is 0. The van der Waals surface area contributed by atoms with Crippen LogP contribution in [0.4, 0.5) is 13.2 Å². The van der Waals surface area contributed by atoms with Crippen molar-refractivity contribution in [2.24, 2.45) is 0 Å². The molecule has 2 rings (SSSR count). The molecule has 2 nitrogen and oxygen atoms in total. The lowest BCUT2D eigenvalue weighted by Gasteiger charge is -2.12. The first-order valence-corrected chi connectivity index (χ1v) is 6.49. The van der Waals surface area contributed by atoms with Crippen LogP contribution in [0, 0.1) is 0 Å². The first kappa shape index (κ1) is 14.8. The van der Waals surface area contributed by atoms with Gasteiger partial charge in [-0.2, -0.15) is 13.2 Å². The van der Waals surface area contributed by atoms with Gasteiger partial charge in [-0.05, 0) is 18.6 Å². The van der Waals surface area contributed by atoms with Gasteiger partial charge in [0, 0.05) is 11.3 Å². The smallest absolute Gasteiger partial charge is 0.233 e. The van der Waals surface area contributed by atoms with Crippen molar-refractivity contribution in [1.82, 2.24) is 9.97 Å². The van der Waals surface area contributed by atoms with Gasteiger partial charge < -0.3 is 0 Å². The number of aromatic nitrogens is 2. The number of halogens is 4. The summed E-state index contributed by atoms with van der Waals surface area (Å²) in [6.45, 7) is 1.96. The van der Waals surface area contributed by atoms with Crippen LogP contribution in [0.3, 0.4) is 0 Å². The zero-order valence-corrected chi connectivity index (χ0v) is 11.5. The highest BCUT2D eigenvalue weighted by molar-refractivity contribution is 6.29. The molecule has 1 heterocycles. The molecule has 0 unspecified atom stereocenters. The standard InChI is InChI=1S/C14H12ClF3N2/c1-2-5-9-8-12(15)20-13(19-9)10-6-3-4-7-11(10)14(16,17)18/h3-4,6-8H,2,5H2,1H3. The van der Waals surface area contributed by atoms with Crippen LogP contribution >= 0.6 is 11.6 Å². The summed E-state index contributed by atoms with van der Waals surface area (Å²) >= 11 is 5.87. The predicted molar refractivity (Wildman–Crippen MR) is 71.5 cm³/mol. The molecule has 1 aromatic carbocycles. The monoisotopic (exact) mass is 300 g/mol. The van der Waals surface area contributed by atoms with Gasteiger partial charge in [-0.3, -0.25) is 0 Å². The van der Waals surface area contributed by atoms with Crippen molar-refractivity contribution in [3.8, 4) is 11.4 Å². The Bertz CT molecular complexity index is 612. The van der Waals surface area contributed by atoms with Crippen molar-refractivity contribution in [2.45, 2.75) is 25.9 Å². The van der Waals surface area contributed by atoms with E-state index in [1.54, 1.807) is 6.07 Å². The molecule has 6 heteroatoms. The number of aryl methyl sites for hydroxylation is 1. The van der Waals surface area contributed by atoms with Gasteiger partial charge in [-0.15, -0.1) is 0 Å². The SMILES string of the molecule is CCCc1cc(Cl)nc(-c2ccccc2C(F)(F)F)n1. The second-order valence-electron chi connectivity index (χ2n) is 4.30. The zero-order chi connectivity index (χ0) is 14.8. The minimum atomic E-state index is -4.45. The van der Waals surface area contributed by atoms with Crippen molar-refractivity contribution in [3.63, 3.8) is 0 Å². The lowest BCUT2D eigenvalue weighted by molar-refractivity contribution is -0.137. The molecular formula is C14H12ClF3N2. The third kappa shape index (κ3) is 3.28. The van der Waals surface area contributed by atoms with E-state index < -0.39 is 11.7 Å². The lowest BCUT2D eigenvalue weighted by Crippen LogP contribution is -2.08. The van der Waals surface area contributed by atoms with E-state index in [1.165, 1.54) is 18.2 Å². The Balaban J connectivity index is 2.57. The highest BCUT2D eigenvalue weighted by Crippen LogP contribution is 2.36. The molecule has 0 aliphatic heterocycles. The van der Waals surface area contributed by atoms with E-state index in [1.807, 2.05) is 6.92 Å². The fourth-order valence-corrected chi connectivity index (χ4v) is 2.10. The minimum Gasteiger partial charge on any atom is -0.233 e. The maximum Gasteiger partial charge on any atom is 0.417 e. The average Bonchev–Trinajstić information content (AvgIpc) is 2.37. The van der Waals surface area contributed by atoms with Crippen LogP contribution in [0.15, 0.2) is 30.3 Å². The maximum absolute atomic E-state index is 13.0. The molecule has 0 bridgehead atoms. The first-order valence-electron chi connectivity index (χ1n) is 6.12. The molecule has 20 heavy (non-hydrogen) atoms. The van der Waals surface area contributed by atoms with Gasteiger partial charge in [0.2, 0.25) is 0 Å². The number of benzene rings is 1. The number of alkyl halides is 3. The summed E-state index contributed by atoms with van der Waals surface area (Å²) in [6, 6.07) is 6.80. The summed E-state index contributed by atoms with van der Waals surface area (Å²) in [5, 5.41) is 0.149. The van der Waals surface area contributed by atoms with Gasteiger partial charge in [0.25, 0.3) is 0 Å². The summed E-state index contributed by atoms with van der Waals surface area (Å²) in [5.41, 5.74) is -0.177. The van der Waals surface area contributed by atoms with Gasteiger partial charge in [0.1, 0.15) is 5.15 Å². The molecule has 2 aromatic rings. The van der Waals surface area contributed by atoms with Crippen LogP contribution in [-0.4, -0.2) is 9.97 Å². The van der Waals surface area contributed by atoms with E-state index in [-0.39, 0.29) is 16.5 Å². The summed E-state index contributed by atoms with van der Waals surface area (Å²) in [6.07, 6.45) is -2.98. The summed E-state index contributed by atoms with van der Waals surface area (Å²) < 4.78 is 39.0. The normalized spacial score (nSPS) is 11.7. The van der Waals surface area contributed by atoms with Crippen molar-refractivity contribution >= 4 is 11.6 Å². The Kier molecular flexibility index (Phi) is 4.28. The van der Waals surface area contributed by atoms with Gasteiger partial charge in [0.15, 0.2) is 5.82 Å². The average molecular weight is 301 g/mol. The predicted octanol–water partition coefficient (Wildman–Crippen LogP) is 4.77. The zero-order valence-electron chi connectivity index (χ0n) is 10.7. The second kappa shape index (κ2) is 5.79. The minimum absolute atomic E-state index is 0.00822. The quantitative estimate of drug-likeness (QED) is 0.763. The van der Waals surface area contributed by atoms with Crippen molar-refractivity contribution in [1.29, 1.82) is 0 Å². The molecule has 0 fully saturated rings. The Morgan fingerprint density at radius 1 is 1.15 bits per heavy atom. The highest BCUT2D eigenvalue weighted by atomic mass is 35.5. The van der Waals surface area contributed by atoms with Gasteiger partial charge >= 0.3 is 6.18 Å². The van der Waals surface area contributed by atoms with Crippen LogP contribution in [0.1, 0.15) is 24.6 Å². The summed E-state index contributed by atoms with van der Waals surface area (Å²) in [4.78, 5) is 8.09. The van der Waals surface area contributed by atoms with E-state index in [4.69, 9.17) is 11.6 Å². The highest BCUT2D eigenvalue weighted by Gasteiger charge is 2.34. The molecule has 0 atom stereocenters. The molecule has 1 aromatic heterocycles. The Hall–Kier alpha value is -1.62. The topological polar surface area (TPSA) is 25.8 Å². The molecule has 0 amide bonds. The molecule has 106 valence electrons. The van der Waals surface area contributed by atoms with E-state index in [9.17, 15) is 13.2 Å². The van der Waals surface area contributed by atoms with Crippen LogP contribution in [-0.2, 0) is 12.6 Å². The molecule has 0 saturated carbocycles. The van der Waals surface area contributed by atoms with E-state index in [0.29, 0.717) is 12.1 Å². The number of rotatable bonds is 3. The molecule has 0 aliphatic rings.